The fraction of sp³-hybridized carbons (Fsp3) is 0.267. The second-order valence-electron chi connectivity index (χ2n) is 9.56. The van der Waals surface area contributed by atoms with Crippen molar-refractivity contribution >= 4 is 34.7 Å². The second-order valence-corrected chi connectivity index (χ2v) is 9.97. The van der Waals surface area contributed by atoms with Crippen LogP contribution in [0.5, 0.6) is 11.5 Å². The van der Waals surface area contributed by atoms with E-state index in [9.17, 15) is 14.7 Å². The normalized spacial score (nSPS) is 16.9. The van der Waals surface area contributed by atoms with Crippen LogP contribution in [0.4, 0.5) is 5.69 Å². The molecule has 3 aromatic carbocycles. The molecule has 192 valence electrons. The van der Waals surface area contributed by atoms with E-state index in [-0.39, 0.29) is 11.3 Å². The first-order valence-corrected chi connectivity index (χ1v) is 12.4. The number of carbonyl (C=O) groups excluding carboxylic acids is 2. The van der Waals surface area contributed by atoms with Gasteiger partial charge >= 0.3 is 0 Å². The number of ether oxygens (including phenoxy) is 2. The van der Waals surface area contributed by atoms with Crippen molar-refractivity contribution in [3.05, 3.63) is 93.5 Å². The number of aliphatic hydroxyl groups is 1. The van der Waals surface area contributed by atoms with E-state index in [0.717, 1.165) is 11.1 Å². The van der Waals surface area contributed by atoms with Gasteiger partial charge in [0, 0.05) is 16.3 Å². The third-order valence-corrected chi connectivity index (χ3v) is 6.72. The molecule has 1 saturated heterocycles. The summed E-state index contributed by atoms with van der Waals surface area (Å²) in [6.45, 7) is 8.42. The van der Waals surface area contributed by atoms with E-state index in [0.29, 0.717) is 45.9 Å². The summed E-state index contributed by atoms with van der Waals surface area (Å²) in [7, 11) is 1.54. The van der Waals surface area contributed by atoms with Gasteiger partial charge in [-0.15, -0.1) is 0 Å². The molecule has 1 aliphatic rings. The molecule has 6 nitrogen and oxygen atoms in total. The van der Waals surface area contributed by atoms with Crippen LogP contribution < -0.4 is 14.4 Å². The standard InChI is InChI=1S/C30H30ClNO5/c1-17(2)16-37-25-12-10-21(13-19(25)4)28(33)26-27(20-7-6-8-23(14-20)36-5)32(30(35)29(26)34)22-11-9-18(3)24(31)15-22/h6-15,17,27,33H,16H2,1-5H3/b28-26+. The monoisotopic (exact) mass is 519 g/mol. The lowest BCUT2D eigenvalue weighted by Crippen LogP contribution is -2.29. The smallest absolute Gasteiger partial charge is 0.300 e. The Balaban J connectivity index is 1.88. The number of carbonyl (C=O) groups is 2. The van der Waals surface area contributed by atoms with Crippen molar-refractivity contribution in [2.45, 2.75) is 33.7 Å². The van der Waals surface area contributed by atoms with E-state index >= 15 is 0 Å². The van der Waals surface area contributed by atoms with Gasteiger partial charge < -0.3 is 14.6 Å². The molecule has 1 fully saturated rings. The summed E-state index contributed by atoms with van der Waals surface area (Å²) in [6.07, 6.45) is 0. The van der Waals surface area contributed by atoms with Crippen LogP contribution in [0.15, 0.2) is 66.2 Å². The van der Waals surface area contributed by atoms with Gasteiger partial charge in [0.05, 0.1) is 25.3 Å². The number of benzene rings is 3. The average Bonchev–Trinajstić information content (AvgIpc) is 3.14. The lowest BCUT2D eigenvalue weighted by atomic mass is 9.94. The number of aliphatic hydroxyl groups excluding tert-OH is 1. The summed E-state index contributed by atoms with van der Waals surface area (Å²) in [4.78, 5) is 28.2. The Labute approximate surface area is 222 Å². The SMILES string of the molecule is COc1cccc(C2/C(=C(\O)c3ccc(OCC(C)C)c(C)c3)C(=O)C(=O)N2c2ccc(C)c(Cl)c2)c1. The second kappa shape index (κ2) is 10.7. The fourth-order valence-electron chi connectivity index (χ4n) is 4.33. The number of amides is 1. The van der Waals surface area contributed by atoms with E-state index < -0.39 is 17.7 Å². The van der Waals surface area contributed by atoms with Gasteiger partial charge in [0.1, 0.15) is 17.3 Å². The number of anilines is 1. The summed E-state index contributed by atoms with van der Waals surface area (Å²) in [5, 5.41) is 11.9. The quantitative estimate of drug-likeness (QED) is 0.215. The van der Waals surface area contributed by atoms with Crippen molar-refractivity contribution in [2.24, 2.45) is 5.92 Å². The minimum Gasteiger partial charge on any atom is -0.507 e. The molecule has 7 heteroatoms. The summed E-state index contributed by atoms with van der Waals surface area (Å²) < 4.78 is 11.2. The molecule has 1 aliphatic heterocycles. The Morgan fingerprint density at radius 2 is 1.78 bits per heavy atom. The van der Waals surface area contributed by atoms with Crippen LogP contribution in [0, 0.1) is 19.8 Å². The first-order valence-electron chi connectivity index (χ1n) is 12.1. The molecule has 1 heterocycles. The van der Waals surface area contributed by atoms with Crippen LogP contribution >= 0.6 is 11.6 Å². The van der Waals surface area contributed by atoms with Crippen molar-refractivity contribution < 1.29 is 24.2 Å². The van der Waals surface area contributed by atoms with E-state index in [1.807, 2.05) is 13.8 Å². The molecule has 0 bridgehead atoms. The number of aryl methyl sites for hydroxylation is 2. The molecule has 0 saturated carbocycles. The van der Waals surface area contributed by atoms with Crippen molar-refractivity contribution in [2.75, 3.05) is 18.6 Å². The predicted molar refractivity (Wildman–Crippen MR) is 145 cm³/mol. The van der Waals surface area contributed by atoms with Crippen molar-refractivity contribution in [3.8, 4) is 11.5 Å². The first kappa shape index (κ1) is 26.3. The maximum atomic E-state index is 13.4. The number of halogens is 1. The molecule has 0 aromatic heterocycles. The first-order chi connectivity index (χ1) is 17.6. The number of hydrogen-bond acceptors (Lipinski definition) is 5. The minimum absolute atomic E-state index is 0.00907. The average molecular weight is 520 g/mol. The van der Waals surface area contributed by atoms with Gasteiger partial charge in [0.25, 0.3) is 11.7 Å². The molecule has 1 unspecified atom stereocenters. The van der Waals surface area contributed by atoms with Crippen LogP contribution in [0.1, 0.15) is 42.1 Å². The summed E-state index contributed by atoms with van der Waals surface area (Å²) in [5.41, 5.74) is 3.13. The molecule has 0 radical (unpaired) electrons. The number of rotatable bonds is 7. The zero-order chi connectivity index (χ0) is 26.9. The Hall–Kier alpha value is -3.77. The van der Waals surface area contributed by atoms with Crippen molar-refractivity contribution in [1.82, 2.24) is 0 Å². The Morgan fingerprint density at radius 1 is 1.03 bits per heavy atom. The van der Waals surface area contributed by atoms with Crippen LogP contribution in [0.3, 0.4) is 0 Å². The lowest BCUT2D eigenvalue weighted by Gasteiger charge is -2.26. The maximum Gasteiger partial charge on any atom is 0.300 e. The number of methoxy groups -OCH3 is 1. The van der Waals surface area contributed by atoms with Gasteiger partial charge in [0.15, 0.2) is 0 Å². The largest absolute Gasteiger partial charge is 0.507 e. The molecule has 1 amide bonds. The van der Waals surface area contributed by atoms with Gasteiger partial charge in [-0.1, -0.05) is 43.6 Å². The Morgan fingerprint density at radius 3 is 2.43 bits per heavy atom. The minimum atomic E-state index is -0.883. The van der Waals surface area contributed by atoms with Crippen LogP contribution in [-0.2, 0) is 9.59 Å². The van der Waals surface area contributed by atoms with E-state index in [2.05, 4.69) is 13.8 Å². The van der Waals surface area contributed by atoms with Gasteiger partial charge in [-0.05, 0) is 78.9 Å². The third kappa shape index (κ3) is 5.20. The predicted octanol–water partition coefficient (Wildman–Crippen LogP) is 6.63. The topological polar surface area (TPSA) is 76.1 Å². The molecule has 3 aromatic rings. The maximum absolute atomic E-state index is 13.4. The highest BCUT2D eigenvalue weighted by Crippen LogP contribution is 2.43. The Bertz CT molecular complexity index is 1390. The van der Waals surface area contributed by atoms with Crippen molar-refractivity contribution in [3.63, 3.8) is 0 Å². The number of ketones is 1. The summed E-state index contributed by atoms with van der Waals surface area (Å²) >= 11 is 6.37. The summed E-state index contributed by atoms with van der Waals surface area (Å²) in [6, 6.07) is 16.6. The van der Waals surface area contributed by atoms with Crippen LogP contribution in [0.2, 0.25) is 5.02 Å². The van der Waals surface area contributed by atoms with Gasteiger partial charge in [-0.2, -0.15) is 0 Å². The van der Waals surface area contributed by atoms with Crippen LogP contribution in [0.25, 0.3) is 5.76 Å². The molecular weight excluding hydrogens is 490 g/mol. The van der Waals surface area contributed by atoms with Gasteiger partial charge in [-0.25, -0.2) is 0 Å². The highest BCUT2D eigenvalue weighted by atomic mass is 35.5. The molecule has 1 N–H and O–H groups in total. The molecule has 4 rings (SSSR count). The van der Waals surface area contributed by atoms with E-state index in [1.165, 1.54) is 4.90 Å². The van der Waals surface area contributed by atoms with Crippen LogP contribution in [-0.4, -0.2) is 30.5 Å². The zero-order valence-electron chi connectivity index (χ0n) is 21.5. The molecular formula is C30H30ClNO5. The number of Topliss-reactive ketones (excluding diaryl/α,β-unsaturated/α-hetero) is 1. The fourth-order valence-corrected chi connectivity index (χ4v) is 4.50. The molecule has 1 atom stereocenters. The summed E-state index contributed by atoms with van der Waals surface area (Å²) in [5.74, 6) is -0.161. The molecule has 0 spiro atoms. The number of nitrogens with zero attached hydrogens (tertiary/aromatic N) is 1. The highest BCUT2D eigenvalue weighted by Gasteiger charge is 2.47. The zero-order valence-corrected chi connectivity index (χ0v) is 22.3. The van der Waals surface area contributed by atoms with Gasteiger partial charge in [-0.3, -0.25) is 14.5 Å². The lowest BCUT2D eigenvalue weighted by molar-refractivity contribution is -0.132. The van der Waals surface area contributed by atoms with Crippen molar-refractivity contribution in [1.29, 1.82) is 0 Å². The third-order valence-electron chi connectivity index (χ3n) is 6.31. The molecule has 37 heavy (non-hydrogen) atoms. The van der Waals surface area contributed by atoms with E-state index in [4.69, 9.17) is 21.1 Å². The Kier molecular flexibility index (Phi) is 7.60. The number of hydrogen-bond donors (Lipinski definition) is 1. The molecule has 0 aliphatic carbocycles. The van der Waals surface area contributed by atoms with E-state index in [1.54, 1.807) is 67.8 Å². The highest BCUT2D eigenvalue weighted by molar-refractivity contribution is 6.51. The van der Waals surface area contributed by atoms with Gasteiger partial charge in [0.2, 0.25) is 0 Å².